The molecule has 3 aromatic carbocycles. The molecule has 0 radical (unpaired) electrons. The zero-order valence-electron chi connectivity index (χ0n) is 27.6. The minimum atomic E-state index is -6.50. The standard InChI is InChI=1S/C37H40F8O5/c1-2-3-4-5-6-7-8-9-10-11-24-48-30-20-16-27(17-21-30)26-12-14-29(15-13-26)33(47)50-31-22-18-28(19-23-31)32(46)49-25-35(40,41)37(44,45)36(42,43)34(38)39/h12-23,34H,2-11,24-25H2,1H3. The summed E-state index contributed by atoms with van der Waals surface area (Å²) in [4.78, 5) is 24.6. The number of halogens is 8. The van der Waals surface area contributed by atoms with Crippen LogP contribution >= 0.6 is 0 Å². The van der Waals surface area contributed by atoms with Gasteiger partial charge in [0.05, 0.1) is 17.7 Å². The van der Waals surface area contributed by atoms with Crippen molar-refractivity contribution in [3.05, 3.63) is 83.9 Å². The predicted octanol–water partition coefficient (Wildman–Crippen LogP) is 11.2. The zero-order chi connectivity index (χ0) is 36.8. The third kappa shape index (κ3) is 11.2. The van der Waals surface area contributed by atoms with E-state index in [1.54, 1.807) is 12.1 Å². The first kappa shape index (κ1) is 40.3. The molecule has 0 aliphatic rings. The molecule has 13 heteroatoms. The summed E-state index contributed by atoms with van der Waals surface area (Å²) in [6.07, 6.45) is 7.39. The van der Waals surface area contributed by atoms with E-state index in [4.69, 9.17) is 9.47 Å². The van der Waals surface area contributed by atoms with Crippen LogP contribution in [0, 0.1) is 0 Å². The number of carbonyl (C=O) groups excluding carboxylic acids is 2. The van der Waals surface area contributed by atoms with Crippen molar-refractivity contribution in [2.75, 3.05) is 13.2 Å². The largest absolute Gasteiger partial charge is 0.494 e. The number of ether oxygens (including phenoxy) is 3. The summed E-state index contributed by atoms with van der Waals surface area (Å²) in [5.74, 6) is -20.4. The lowest BCUT2D eigenvalue weighted by Gasteiger charge is -2.31. The number of alkyl halides is 8. The number of benzene rings is 3. The predicted molar refractivity (Wildman–Crippen MR) is 172 cm³/mol. The van der Waals surface area contributed by atoms with Crippen molar-refractivity contribution >= 4 is 11.9 Å². The van der Waals surface area contributed by atoms with Crippen molar-refractivity contribution < 1.29 is 58.9 Å². The van der Waals surface area contributed by atoms with Crippen LogP contribution in [0.25, 0.3) is 11.1 Å². The Kier molecular flexibility index (Phi) is 15.1. The topological polar surface area (TPSA) is 61.8 Å². The summed E-state index contributed by atoms with van der Waals surface area (Å²) >= 11 is 0. The Balaban J connectivity index is 1.43. The second-order valence-corrected chi connectivity index (χ2v) is 11.8. The number of rotatable bonds is 21. The molecule has 0 atom stereocenters. The molecule has 0 bridgehead atoms. The van der Waals surface area contributed by atoms with Gasteiger partial charge < -0.3 is 14.2 Å². The van der Waals surface area contributed by atoms with Gasteiger partial charge in [-0.15, -0.1) is 0 Å². The van der Waals surface area contributed by atoms with E-state index >= 15 is 0 Å². The first-order chi connectivity index (χ1) is 23.7. The van der Waals surface area contributed by atoms with Crippen LogP contribution in [0.3, 0.4) is 0 Å². The van der Waals surface area contributed by atoms with Crippen LogP contribution in [0.5, 0.6) is 11.5 Å². The van der Waals surface area contributed by atoms with Crippen molar-refractivity contribution in [3.63, 3.8) is 0 Å². The Bertz CT molecular complexity index is 1480. The fourth-order valence-electron chi connectivity index (χ4n) is 4.86. The van der Waals surface area contributed by atoms with E-state index in [0.29, 0.717) is 6.61 Å². The number of hydrogen-bond acceptors (Lipinski definition) is 5. The van der Waals surface area contributed by atoms with E-state index in [0.717, 1.165) is 54.0 Å². The molecule has 0 aliphatic carbocycles. The van der Waals surface area contributed by atoms with Gasteiger partial charge in [-0.05, 0) is 66.1 Å². The summed E-state index contributed by atoms with van der Waals surface area (Å²) in [5, 5.41) is 0. The van der Waals surface area contributed by atoms with Crippen LogP contribution in [-0.2, 0) is 4.74 Å². The number of unbranched alkanes of at least 4 members (excludes halogenated alkanes) is 9. The van der Waals surface area contributed by atoms with E-state index in [1.807, 2.05) is 24.3 Å². The molecule has 5 nitrogen and oxygen atoms in total. The monoisotopic (exact) mass is 716 g/mol. The molecule has 0 spiro atoms. The summed E-state index contributed by atoms with van der Waals surface area (Å²) < 4.78 is 120. The summed E-state index contributed by atoms with van der Waals surface area (Å²) in [6, 6.07) is 18.1. The maximum Gasteiger partial charge on any atom is 0.381 e. The van der Waals surface area contributed by atoms with Gasteiger partial charge in [0.1, 0.15) is 11.5 Å². The maximum atomic E-state index is 13.7. The van der Waals surface area contributed by atoms with Gasteiger partial charge in [0.15, 0.2) is 6.61 Å². The second-order valence-electron chi connectivity index (χ2n) is 11.8. The van der Waals surface area contributed by atoms with Crippen molar-refractivity contribution in [3.8, 4) is 22.6 Å². The highest BCUT2D eigenvalue weighted by Crippen LogP contribution is 2.48. The van der Waals surface area contributed by atoms with Crippen molar-refractivity contribution in [1.29, 1.82) is 0 Å². The highest BCUT2D eigenvalue weighted by atomic mass is 19.4. The Hall–Kier alpha value is -4.16. The Labute approximate surface area is 285 Å². The van der Waals surface area contributed by atoms with Crippen molar-refractivity contribution in [2.24, 2.45) is 0 Å². The van der Waals surface area contributed by atoms with Crippen molar-refractivity contribution in [1.82, 2.24) is 0 Å². The van der Waals surface area contributed by atoms with E-state index in [9.17, 15) is 44.7 Å². The molecule has 0 N–H and O–H groups in total. The molecule has 0 heterocycles. The van der Waals surface area contributed by atoms with E-state index in [-0.39, 0.29) is 11.3 Å². The van der Waals surface area contributed by atoms with E-state index in [2.05, 4.69) is 11.7 Å². The third-order valence-electron chi connectivity index (χ3n) is 7.91. The smallest absolute Gasteiger partial charge is 0.381 e. The number of carbonyl (C=O) groups is 2. The minimum absolute atomic E-state index is 0.0857. The lowest BCUT2D eigenvalue weighted by Crippen LogP contribution is -2.59. The Morgan fingerprint density at radius 2 is 1.04 bits per heavy atom. The molecule has 3 aromatic rings. The molecule has 0 amide bonds. The quantitative estimate of drug-likeness (QED) is 0.0475. The van der Waals surface area contributed by atoms with Gasteiger partial charge >= 0.3 is 36.1 Å². The first-order valence-corrected chi connectivity index (χ1v) is 16.4. The van der Waals surface area contributed by atoms with Gasteiger partial charge in [0.2, 0.25) is 0 Å². The lowest BCUT2D eigenvalue weighted by molar-refractivity contribution is -0.343. The van der Waals surface area contributed by atoms with E-state index in [1.165, 1.54) is 63.5 Å². The van der Waals surface area contributed by atoms with Crippen LogP contribution in [0.15, 0.2) is 72.8 Å². The zero-order valence-corrected chi connectivity index (χ0v) is 27.6. The highest BCUT2D eigenvalue weighted by Gasteiger charge is 2.75. The van der Waals surface area contributed by atoms with Crippen LogP contribution < -0.4 is 9.47 Å². The summed E-state index contributed by atoms with van der Waals surface area (Å²) in [6.45, 7) is 0.277. The van der Waals surface area contributed by atoms with Gasteiger partial charge in [-0.1, -0.05) is 89.0 Å². The molecule has 0 aromatic heterocycles. The Morgan fingerprint density at radius 3 is 1.56 bits per heavy atom. The highest BCUT2D eigenvalue weighted by molar-refractivity contribution is 5.92. The number of hydrogen-bond donors (Lipinski definition) is 0. The van der Waals surface area contributed by atoms with Crippen LogP contribution in [0.2, 0.25) is 0 Å². The van der Waals surface area contributed by atoms with Crippen LogP contribution in [0.1, 0.15) is 91.8 Å². The lowest BCUT2D eigenvalue weighted by atomic mass is 10.0. The maximum absolute atomic E-state index is 13.7. The second kappa shape index (κ2) is 18.7. The van der Waals surface area contributed by atoms with Gasteiger partial charge in [0, 0.05) is 0 Å². The third-order valence-corrected chi connectivity index (χ3v) is 7.91. The van der Waals surface area contributed by atoms with Gasteiger partial charge in [-0.25, -0.2) is 18.4 Å². The van der Waals surface area contributed by atoms with Crippen molar-refractivity contribution in [2.45, 2.75) is 95.3 Å². The summed E-state index contributed by atoms with van der Waals surface area (Å²) in [5.41, 5.74) is 1.40. The van der Waals surface area contributed by atoms with Crippen LogP contribution in [-0.4, -0.2) is 49.3 Å². The average molecular weight is 717 g/mol. The SMILES string of the molecule is CCCCCCCCCCCCOc1ccc(-c2ccc(C(=O)Oc3ccc(C(=O)OCC(F)(F)C(F)(F)C(F)(F)C(F)F)cc3)cc2)cc1. The summed E-state index contributed by atoms with van der Waals surface area (Å²) in [7, 11) is 0. The fraction of sp³-hybridized carbons (Fsp3) is 0.459. The molecule has 3 rings (SSSR count). The van der Waals surface area contributed by atoms with Gasteiger partial charge in [-0.2, -0.15) is 26.3 Å². The average Bonchev–Trinajstić information content (AvgIpc) is 3.10. The van der Waals surface area contributed by atoms with Gasteiger partial charge in [0.25, 0.3) is 0 Å². The molecular weight excluding hydrogens is 676 g/mol. The minimum Gasteiger partial charge on any atom is -0.494 e. The molecule has 50 heavy (non-hydrogen) atoms. The molecule has 0 saturated carbocycles. The fourth-order valence-corrected chi connectivity index (χ4v) is 4.86. The molecular formula is C37H40F8O5. The van der Waals surface area contributed by atoms with Crippen LogP contribution in [0.4, 0.5) is 35.1 Å². The van der Waals surface area contributed by atoms with E-state index < -0.39 is 48.3 Å². The molecule has 0 aliphatic heterocycles. The van der Waals surface area contributed by atoms with Gasteiger partial charge in [-0.3, -0.25) is 0 Å². The molecule has 0 fully saturated rings. The molecule has 0 unspecified atom stereocenters. The molecule has 0 saturated heterocycles. The Morgan fingerprint density at radius 1 is 0.600 bits per heavy atom. The number of esters is 2. The first-order valence-electron chi connectivity index (χ1n) is 16.4. The molecule has 274 valence electrons. The normalized spacial score (nSPS) is 12.2.